The van der Waals surface area contributed by atoms with Crippen molar-refractivity contribution in [3.05, 3.63) is 33.0 Å². The number of halogens is 1. The van der Waals surface area contributed by atoms with E-state index in [0.717, 1.165) is 4.47 Å². The molecule has 0 bridgehead atoms. The van der Waals surface area contributed by atoms with Crippen LogP contribution in [0.25, 0.3) is 11.4 Å². The summed E-state index contributed by atoms with van der Waals surface area (Å²) in [5.41, 5.74) is 5.89. The third kappa shape index (κ3) is 2.53. The first kappa shape index (κ1) is 14.5. The molecule has 0 saturated carbocycles. The Hall–Kier alpha value is -1.89. The van der Waals surface area contributed by atoms with Gasteiger partial charge in [-0.1, -0.05) is 15.9 Å². The second-order valence-electron chi connectivity index (χ2n) is 4.52. The zero-order chi connectivity index (χ0) is 14.9. The Morgan fingerprint density at radius 2 is 2.05 bits per heavy atom. The summed E-state index contributed by atoms with van der Waals surface area (Å²) in [5, 5.41) is 7.78. The van der Waals surface area contributed by atoms with Gasteiger partial charge in [0.1, 0.15) is 5.75 Å². The highest BCUT2D eigenvalue weighted by Crippen LogP contribution is 2.31. The van der Waals surface area contributed by atoms with Crippen LogP contribution < -0.4 is 16.0 Å². The summed E-state index contributed by atoms with van der Waals surface area (Å²) in [5.74, 6) is 0.925. The van der Waals surface area contributed by atoms with Gasteiger partial charge >= 0.3 is 0 Å². The molecule has 7 heteroatoms. The largest absolute Gasteiger partial charge is 0.496 e. The maximum Gasteiger partial charge on any atom is 0.296 e. The van der Waals surface area contributed by atoms with Crippen molar-refractivity contribution in [2.75, 3.05) is 12.8 Å². The number of methoxy groups -OCH3 is 1. The average Bonchev–Trinajstić information content (AvgIpc) is 2.41. The number of anilines is 1. The van der Waals surface area contributed by atoms with Crippen molar-refractivity contribution in [2.45, 2.75) is 19.9 Å². The van der Waals surface area contributed by atoms with Gasteiger partial charge < -0.3 is 10.5 Å². The van der Waals surface area contributed by atoms with Gasteiger partial charge in [0, 0.05) is 10.5 Å². The van der Waals surface area contributed by atoms with Crippen LogP contribution in [0.3, 0.4) is 0 Å². The fourth-order valence-corrected chi connectivity index (χ4v) is 2.26. The highest BCUT2D eigenvalue weighted by molar-refractivity contribution is 9.10. The molecular formula is C13H15BrN4O2. The molecule has 2 aromatic rings. The molecule has 20 heavy (non-hydrogen) atoms. The smallest absolute Gasteiger partial charge is 0.296 e. The average molecular weight is 339 g/mol. The number of ether oxygens (including phenoxy) is 1. The first-order chi connectivity index (χ1) is 9.45. The van der Waals surface area contributed by atoms with Crippen molar-refractivity contribution in [2.24, 2.45) is 0 Å². The number of hydrogen-bond acceptors (Lipinski definition) is 5. The molecule has 0 aliphatic carbocycles. The second kappa shape index (κ2) is 5.62. The van der Waals surface area contributed by atoms with Crippen molar-refractivity contribution >= 4 is 21.7 Å². The van der Waals surface area contributed by atoms with Crippen LogP contribution in [-0.2, 0) is 0 Å². The number of rotatable bonds is 3. The van der Waals surface area contributed by atoms with Crippen LogP contribution >= 0.6 is 15.9 Å². The first-order valence-corrected chi connectivity index (χ1v) is 6.83. The van der Waals surface area contributed by atoms with E-state index >= 15 is 0 Å². The topological polar surface area (TPSA) is 83.0 Å². The molecule has 0 radical (unpaired) electrons. The molecule has 0 atom stereocenters. The number of nitrogens with two attached hydrogens (primary N) is 1. The van der Waals surface area contributed by atoms with Crippen LogP contribution in [0, 0.1) is 0 Å². The summed E-state index contributed by atoms with van der Waals surface area (Å²) in [7, 11) is 1.56. The highest BCUT2D eigenvalue weighted by atomic mass is 79.9. The Balaban J connectivity index is 2.76. The molecule has 2 rings (SSSR count). The quantitative estimate of drug-likeness (QED) is 0.927. The van der Waals surface area contributed by atoms with Gasteiger partial charge in [-0.2, -0.15) is 0 Å². The van der Waals surface area contributed by atoms with Gasteiger partial charge in [-0.3, -0.25) is 9.36 Å². The van der Waals surface area contributed by atoms with E-state index in [0.29, 0.717) is 17.1 Å². The fraction of sp³-hybridized carbons (Fsp3) is 0.308. The third-order valence-corrected chi connectivity index (χ3v) is 3.33. The van der Waals surface area contributed by atoms with Crippen LogP contribution in [0.5, 0.6) is 5.75 Å². The Morgan fingerprint density at radius 1 is 1.35 bits per heavy atom. The lowest BCUT2D eigenvalue weighted by atomic mass is 10.1. The summed E-state index contributed by atoms with van der Waals surface area (Å²) in [6.45, 7) is 3.77. The molecule has 0 aliphatic rings. The van der Waals surface area contributed by atoms with Crippen molar-refractivity contribution in [1.82, 2.24) is 14.8 Å². The van der Waals surface area contributed by atoms with E-state index in [9.17, 15) is 4.79 Å². The molecular weight excluding hydrogens is 324 g/mol. The minimum Gasteiger partial charge on any atom is -0.496 e. The van der Waals surface area contributed by atoms with Gasteiger partial charge in [-0.15, -0.1) is 10.2 Å². The summed E-state index contributed by atoms with van der Waals surface area (Å²) in [4.78, 5) is 12.2. The van der Waals surface area contributed by atoms with Crippen molar-refractivity contribution < 1.29 is 4.74 Å². The summed E-state index contributed by atoms with van der Waals surface area (Å²) in [6.07, 6.45) is 0. The fourth-order valence-electron chi connectivity index (χ4n) is 1.92. The SMILES string of the molecule is COc1cc(Br)ccc1-c1nnc(N)c(=O)n1C(C)C. The maximum atomic E-state index is 12.2. The zero-order valence-electron chi connectivity index (χ0n) is 11.4. The molecule has 0 fully saturated rings. The molecule has 106 valence electrons. The molecule has 0 unspecified atom stereocenters. The van der Waals surface area contributed by atoms with Crippen molar-refractivity contribution in [3.63, 3.8) is 0 Å². The van der Waals surface area contributed by atoms with E-state index < -0.39 is 0 Å². The lowest BCUT2D eigenvalue weighted by Gasteiger charge is -2.16. The molecule has 0 aliphatic heterocycles. The predicted molar refractivity (Wildman–Crippen MR) is 80.8 cm³/mol. The molecule has 0 spiro atoms. The lowest BCUT2D eigenvalue weighted by molar-refractivity contribution is 0.415. The Morgan fingerprint density at radius 3 is 2.65 bits per heavy atom. The highest BCUT2D eigenvalue weighted by Gasteiger charge is 2.17. The maximum absolute atomic E-state index is 12.2. The number of hydrogen-bond donors (Lipinski definition) is 1. The van der Waals surface area contributed by atoms with Crippen LogP contribution in [0.4, 0.5) is 5.82 Å². The summed E-state index contributed by atoms with van der Waals surface area (Å²) >= 11 is 3.38. The Bertz CT molecular complexity index is 697. The third-order valence-electron chi connectivity index (χ3n) is 2.84. The minimum atomic E-state index is -0.352. The molecule has 2 N–H and O–H groups in total. The van der Waals surface area contributed by atoms with Crippen molar-refractivity contribution in [3.8, 4) is 17.1 Å². The summed E-state index contributed by atoms with van der Waals surface area (Å²) in [6, 6.07) is 5.39. The lowest BCUT2D eigenvalue weighted by Crippen LogP contribution is -2.28. The number of aromatic nitrogens is 3. The first-order valence-electron chi connectivity index (χ1n) is 6.04. The molecule has 6 nitrogen and oxygen atoms in total. The van der Waals surface area contributed by atoms with Crippen LogP contribution in [0.2, 0.25) is 0 Å². The van der Waals surface area contributed by atoms with Crippen LogP contribution in [-0.4, -0.2) is 21.9 Å². The molecule has 1 heterocycles. The molecule has 0 saturated heterocycles. The summed E-state index contributed by atoms with van der Waals surface area (Å²) < 4.78 is 7.72. The zero-order valence-corrected chi connectivity index (χ0v) is 13.0. The predicted octanol–water partition coefficient (Wildman–Crippen LogP) is 2.24. The van der Waals surface area contributed by atoms with E-state index in [1.807, 2.05) is 32.0 Å². The monoisotopic (exact) mass is 338 g/mol. The van der Waals surface area contributed by atoms with Crippen molar-refractivity contribution in [1.29, 1.82) is 0 Å². The van der Waals surface area contributed by atoms with Gasteiger partial charge in [0.25, 0.3) is 5.56 Å². The number of nitrogen functional groups attached to an aromatic ring is 1. The second-order valence-corrected chi connectivity index (χ2v) is 5.44. The van der Waals surface area contributed by atoms with Gasteiger partial charge in [0.2, 0.25) is 5.82 Å². The van der Waals surface area contributed by atoms with E-state index in [-0.39, 0.29) is 17.4 Å². The molecule has 0 amide bonds. The normalized spacial score (nSPS) is 10.8. The number of benzene rings is 1. The van der Waals surface area contributed by atoms with E-state index in [1.54, 1.807) is 7.11 Å². The van der Waals surface area contributed by atoms with Crippen LogP contribution in [0.1, 0.15) is 19.9 Å². The minimum absolute atomic E-state index is 0.0938. The van der Waals surface area contributed by atoms with Gasteiger partial charge in [-0.05, 0) is 32.0 Å². The van der Waals surface area contributed by atoms with Gasteiger partial charge in [-0.25, -0.2) is 0 Å². The molecule has 1 aromatic carbocycles. The Kier molecular flexibility index (Phi) is 4.08. The van der Waals surface area contributed by atoms with E-state index in [2.05, 4.69) is 26.1 Å². The van der Waals surface area contributed by atoms with Gasteiger partial charge in [0.15, 0.2) is 5.82 Å². The molecule has 1 aromatic heterocycles. The number of nitrogens with zero attached hydrogens (tertiary/aromatic N) is 3. The standard InChI is InChI=1S/C13H15BrN4O2/c1-7(2)18-12(17-16-11(15)13(18)19)9-5-4-8(14)6-10(9)20-3/h4-7H,1-3H3,(H2,15,16). The Labute approximate surface area is 124 Å². The van der Waals surface area contributed by atoms with Crippen LogP contribution in [0.15, 0.2) is 27.5 Å². The van der Waals surface area contributed by atoms with Gasteiger partial charge in [0.05, 0.1) is 12.7 Å². The van der Waals surface area contributed by atoms with E-state index in [1.165, 1.54) is 4.57 Å². The van der Waals surface area contributed by atoms with E-state index in [4.69, 9.17) is 10.5 Å².